The Labute approximate surface area is 123 Å². The molecule has 1 amide bonds. The molecule has 22 heavy (non-hydrogen) atoms. The molecule has 1 N–H and O–H groups in total. The maximum Gasteiger partial charge on any atom is 0.416 e. The Morgan fingerprint density at radius 2 is 2.00 bits per heavy atom. The van der Waals surface area contributed by atoms with Gasteiger partial charge in [0.2, 0.25) is 0 Å². The zero-order valence-corrected chi connectivity index (χ0v) is 11.3. The first-order chi connectivity index (χ1) is 10.2. The average molecular weight is 318 g/mol. The molecule has 0 aliphatic heterocycles. The molecule has 0 spiro atoms. The SMILES string of the molecule is O=C(c1cc([N+](=O)[O-])cc(C(F)(F)F)c1)N(CCO)C1CC1. The van der Waals surface area contributed by atoms with Crippen LogP contribution >= 0.6 is 0 Å². The van der Waals surface area contributed by atoms with Crippen LogP contribution in [-0.4, -0.2) is 40.0 Å². The molecule has 9 heteroatoms. The number of carbonyl (C=O) groups is 1. The second-order valence-corrected chi connectivity index (χ2v) is 4.98. The summed E-state index contributed by atoms with van der Waals surface area (Å²) in [6.07, 6.45) is -3.39. The lowest BCUT2D eigenvalue weighted by atomic mass is 10.1. The summed E-state index contributed by atoms with van der Waals surface area (Å²) in [6, 6.07) is 1.68. The lowest BCUT2D eigenvalue weighted by Crippen LogP contribution is -2.35. The minimum Gasteiger partial charge on any atom is -0.395 e. The zero-order chi connectivity index (χ0) is 16.5. The van der Waals surface area contributed by atoms with Crippen LogP contribution in [0.25, 0.3) is 0 Å². The minimum absolute atomic E-state index is 0.0203. The number of nitrogens with zero attached hydrogens (tertiary/aromatic N) is 2. The molecular weight excluding hydrogens is 305 g/mol. The van der Waals surface area contributed by atoms with E-state index in [1.54, 1.807) is 0 Å². The molecule has 2 rings (SSSR count). The molecule has 0 heterocycles. The van der Waals surface area contributed by atoms with Crippen molar-refractivity contribution in [1.82, 2.24) is 4.90 Å². The lowest BCUT2D eigenvalue weighted by Gasteiger charge is -2.21. The first-order valence-electron chi connectivity index (χ1n) is 6.52. The van der Waals surface area contributed by atoms with Gasteiger partial charge < -0.3 is 10.0 Å². The molecule has 0 bridgehead atoms. The Morgan fingerprint density at radius 1 is 1.36 bits per heavy atom. The van der Waals surface area contributed by atoms with Gasteiger partial charge in [-0.25, -0.2) is 0 Å². The fourth-order valence-electron chi connectivity index (χ4n) is 2.11. The van der Waals surface area contributed by atoms with Gasteiger partial charge in [0.15, 0.2) is 0 Å². The van der Waals surface area contributed by atoms with Crippen LogP contribution in [0.15, 0.2) is 18.2 Å². The number of halogens is 3. The summed E-state index contributed by atoms with van der Waals surface area (Å²) in [7, 11) is 0. The van der Waals surface area contributed by atoms with E-state index in [1.165, 1.54) is 4.90 Å². The first kappa shape index (κ1) is 16.2. The Bertz CT molecular complexity index is 599. The summed E-state index contributed by atoms with van der Waals surface area (Å²) in [5.41, 5.74) is -2.44. The number of nitro benzene ring substituents is 1. The number of nitro groups is 1. The predicted molar refractivity (Wildman–Crippen MR) is 69.2 cm³/mol. The lowest BCUT2D eigenvalue weighted by molar-refractivity contribution is -0.385. The van der Waals surface area contributed by atoms with Crippen molar-refractivity contribution in [2.45, 2.75) is 25.1 Å². The van der Waals surface area contributed by atoms with E-state index < -0.39 is 33.8 Å². The highest BCUT2D eigenvalue weighted by atomic mass is 19.4. The summed E-state index contributed by atoms with van der Waals surface area (Å²) in [5, 5.41) is 19.7. The Balaban J connectivity index is 2.42. The minimum atomic E-state index is -4.79. The molecule has 120 valence electrons. The highest BCUT2D eigenvalue weighted by Gasteiger charge is 2.36. The maximum absolute atomic E-state index is 12.8. The number of non-ortho nitro benzene ring substituents is 1. The van der Waals surface area contributed by atoms with Crippen LogP contribution in [0.2, 0.25) is 0 Å². The topological polar surface area (TPSA) is 83.7 Å². The van der Waals surface area contributed by atoms with Crippen molar-refractivity contribution < 1.29 is 28.0 Å². The summed E-state index contributed by atoms with van der Waals surface area (Å²) < 4.78 is 38.4. The van der Waals surface area contributed by atoms with E-state index >= 15 is 0 Å². The normalized spacial score (nSPS) is 14.7. The molecule has 0 atom stereocenters. The number of aliphatic hydroxyl groups is 1. The number of hydrogen-bond donors (Lipinski definition) is 1. The van der Waals surface area contributed by atoms with E-state index in [4.69, 9.17) is 5.11 Å². The maximum atomic E-state index is 12.8. The highest BCUT2D eigenvalue weighted by molar-refractivity contribution is 5.95. The number of aliphatic hydroxyl groups excluding tert-OH is 1. The number of benzene rings is 1. The van der Waals surface area contributed by atoms with Gasteiger partial charge in [-0.15, -0.1) is 0 Å². The van der Waals surface area contributed by atoms with E-state index in [0.29, 0.717) is 25.0 Å². The first-order valence-corrected chi connectivity index (χ1v) is 6.52. The van der Waals surface area contributed by atoms with Crippen LogP contribution in [0.3, 0.4) is 0 Å². The van der Waals surface area contributed by atoms with Gasteiger partial charge in [-0.3, -0.25) is 14.9 Å². The van der Waals surface area contributed by atoms with Crippen LogP contribution in [0.4, 0.5) is 18.9 Å². The molecule has 0 unspecified atom stereocenters. The van der Waals surface area contributed by atoms with Crippen LogP contribution in [0.5, 0.6) is 0 Å². The summed E-state index contributed by atoms with van der Waals surface area (Å²) in [5.74, 6) is -0.745. The van der Waals surface area contributed by atoms with E-state index in [0.717, 1.165) is 6.07 Å². The number of carbonyl (C=O) groups excluding carboxylic acids is 1. The third-order valence-corrected chi connectivity index (χ3v) is 3.29. The van der Waals surface area contributed by atoms with Crippen molar-refractivity contribution in [3.8, 4) is 0 Å². The van der Waals surface area contributed by atoms with Crippen molar-refractivity contribution in [3.05, 3.63) is 39.4 Å². The number of alkyl halides is 3. The smallest absolute Gasteiger partial charge is 0.395 e. The Hall–Kier alpha value is -2.16. The summed E-state index contributed by atoms with van der Waals surface area (Å²) in [4.78, 5) is 23.3. The van der Waals surface area contributed by atoms with Crippen LogP contribution in [0.1, 0.15) is 28.8 Å². The molecule has 1 saturated carbocycles. The van der Waals surface area contributed by atoms with Gasteiger partial charge in [0.1, 0.15) is 0 Å². The highest BCUT2D eigenvalue weighted by Crippen LogP contribution is 2.34. The summed E-state index contributed by atoms with van der Waals surface area (Å²) in [6.45, 7) is -0.350. The van der Waals surface area contributed by atoms with Crippen LogP contribution in [-0.2, 0) is 6.18 Å². The molecule has 1 aliphatic carbocycles. The van der Waals surface area contributed by atoms with Gasteiger partial charge in [-0.2, -0.15) is 13.2 Å². The zero-order valence-electron chi connectivity index (χ0n) is 11.3. The van der Waals surface area contributed by atoms with Gasteiger partial charge >= 0.3 is 6.18 Å². The van der Waals surface area contributed by atoms with Crippen LogP contribution in [0, 0.1) is 10.1 Å². The van der Waals surface area contributed by atoms with E-state index in [1.807, 2.05) is 0 Å². The number of amides is 1. The van der Waals surface area contributed by atoms with Gasteiger partial charge in [-0.05, 0) is 18.9 Å². The summed E-state index contributed by atoms with van der Waals surface area (Å²) >= 11 is 0. The van der Waals surface area contributed by atoms with E-state index in [2.05, 4.69) is 0 Å². The average Bonchev–Trinajstić information content (AvgIpc) is 3.27. The Kier molecular flexibility index (Phi) is 4.36. The van der Waals surface area contributed by atoms with Crippen LogP contribution < -0.4 is 0 Å². The quantitative estimate of drug-likeness (QED) is 0.666. The monoisotopic (exact) mass is 318 g/mol. The molecule has 0 radical (unpaired) electrons. The predicted octanol–water partition coefficient (Wildman–Crippen LogP) is 2.21. The molecule has 1 aromatic rings. The number of rotatable bonds is 5. The van der Waals surface area contributed by atoms with Gasteiger partial charge in [0.25, 0.3) is 11.6 Å². The standard InChI is InChI=1S/C13H13F3N2O4/c14-13(15,16)9-5-8(6-11(7-9)18(21)22)12(20)17(3-4-19)10-1-2-10/h5-7,10,19H,1-4H2. The van der Waals surface area contributed by atoms with Gasteiger partial charge in [0.05, 0.1) is 17.1 Å². The molecular formula is C13H13F3N2O4. The van der Waals surface area contributed by atoms with Crippen molar-refractivity contribution in [3.63, 3.8) is 0 Å². The van der Waals surface area contributed by atoms with E-state index in [9.17, 15) is 28.1 Å². The second kappa shape index (κ2) is 5.91. The Morgan fingerprint density at radius 3 is 2.45 bits per heavy atom. The van der Waals surface area contributed by atoms with Gasteiger partial charge in [-0.1, -0.05) is 0 Å². The molecule has 1 aliphatic rings. The molecule has 1 fully saturated rings. The second-order valence-electron chi connectivity index (χ2n) is 4.98. The largest absolute Gasteiger partial charge is 0.416 e. The fourth-order valence-corrected chi connectivity index (χ4v) is 2.11. The van der Waals surface area contributed by atoms with E-state index in [-0.39, 0.29) is 19.2 Å². The van der Waals surface area contributed by atoms with Crippen molar-refractivity contribution in [2.24, 2.45) is 0 Å². The third kappa shape index (κ3) is 3.53. The molecule has 6 nitrogen and oxygen atoms in total. The van der Waals surface area contributed by atoms with Gasteiger partial charge in [0, 0.05) is 30.3 Å². The molecule has 0 saturated heterocycles. The fraction of sp³-hybridized carbons (Fsp3) is 0.462. The molecule has 0 aromatic heterocycles. The molecule has 1 aromatic carbocycles. The van der Waals surface area contributed by atoms with Crippen molar-refractivity contribution in [1.29, 1.82) is 0 Å². The third-order valence-electron chi connectivity index (χ3n) is 3.29. The van der Waals surface area contributed by atoms with Crippen molar-refractivity contribution in [2.75, 3.05) is 13.2 Å². The van der Waals surface area contributed by atoms with Crippen molar-refractivity contribution >= 4 is 11.6 Å². The number of hydrogen-bond acceptors (Lipinski definition) is 4.